The first-order valence-electron chi connectivity index (χ1n) is 4.89. The average Bonchev–Trinajstić information content (AvgIpc) is 2.57. The van der Waals surface area contributed by atoms with E-state index in [-0.39, 0.29) is 12.3 Å². The van der Waals surface area contributed by atoms with Gasteiger partial charge in [-0.1, -0.05) is 12.1 Å². The minimum Gasteiger partial charge on any atom is -0.479 e. The van der Waals surface area contributed by atoms with Crippen molar-refractivity contribution in [2.45, 2.75) is 18.9 Å². The minimum atomic E-state index is -1.40. The van der Waals surface area contributed by atoms with Gasteiger partial charge in [-0.05, 0) is 17.2 Å². The van der Waals surface area contributed by atoms with Crippen LogP contribution in [0.15, 0.2) is 18.2 Å². The van der Waals surface area contributed by atoms with E-state index in [1.807, 2.05) is 0 Å². The van der Waals surface area contributed by atoms with Gasteiger partial charge in [-0.15, -0.1) is 0 Å². The molecule has 16 heavy (non-hydrogen) atoms. The van der Waals surface area contributed by atoms with E-state index < -0.39 is 12.1 Å². The molecule has 1 aliphatic heterocycles. The third-order valence-electron chi connectivity index (χ3n) is 2.51. The monoisotopic (exact) mass is 221 g/mol. The smallest absolute Gasteiger partial charge is 0.332 e. The maximum Gasteiger partial charge on any atom is 0.332 e. The quantitative estimate of drug-likeness (QED) is 0.679. The summed E-state index contributed by atoms with van der Waals surface area (Å²) < 4.78 is 0. The van der Waals surface area contributed by atoms with Crippen LogP contribution in [0.3, 0.4) is 0 Å². The number of amides is 1. The van der Waals surface area contributed by atoms with Gasteiger partial charge in [0.25, 0.3) is 0 Å². The first kappa shape index (κ1) is 10.6. The van der Waals surface area contributed by atoms with Gasteiger partial charge in [0.2, 0.25) is 5.91 Å². The lowest BCUT2D eigenvalue weighted by atomic mass is 10.0. The van der Waals surface area contributed by atoms with Gasteiger partial charge in [0.1, 0.15) is 0 Å². The van der Waals surface area contributed by atoms with E-state index in [0.29, 0.717) is 12.0 Å². The molecule has 0 radical (unpaired) electrons. The lowest BCUT2D eigenvalue weighted by molar-refractivity contribution is -0.146. The first-order valence-corrected chi connectivity index (χ1v) is 4.89. The Morgan fingerprint density at radius 2 is 2.25 bits per heavy atom. The number of hydrogen-bond donors (Lipinski definition) is 3. The number of benzene rings is 1. The fourth-order valence-corrected chi connectivity index (χ4v) is 1.72. The zero-order valence-electron chi connectivity index (χ0n) is 8.43. The number of carbonyl (C=O) groups is 2. The third kappa shape index (κ3) is 2.04. The topological polar surface area (TPSA) is 86.6 Å². The summed E-state index contributed by atoms with van der Waals surface area (Å²) in [6.45, 7) is 0. The van der Waals surface area contributed by atoms with Gasteiger partial charge in [-0.3, -0.25) is 4.79 Å². The van der Waals surface area contributed by atoms with Crippen LogP contribution in [0.5, 0.6) is 0 Å². The second kappa shape index (κ2) is 3.94. The van der Waals surface area contributed by atoms with E-state index in [9.17, 15) is 14.7 Å². The molecule has 1 amide bonds. The van der Waals surface area contributed by atoms with Crippen molar-refractivity contribution in [3.8, 4) is 0 Å². The maximum absolute atomic E-state index is 11.1. The highest BCUT2D eigenvalue weighted by atomic mass is 16.4. The fraction of sp³-hybridized carbons (Fsp3) is 0.273. The Bertz CT molecular complexity index is 455. The van der Waals surface area contributed by atoms with Crippen LogP contribution >= 0.6 is 0 Å². The molecule has 0 bridgehead atoms. The van der Waals surface area contributed by atoms with Gasteiger partial charge >= 0.3 is 5.97 Å². The highest BCUT2D eigenvalue weighted by Gasteiger charge is 2.19. The van der Waals surface area contributed by atoms with E-state index >= 15 is 0 Å². The molecule has 0 saturated heterocycles. The Morgan fingerprint density at radius 3 is 2.94 bits per heavy atom. The minimum absolute atomic E-state index is 0.0524. The summed E-state index contributed by atoms with van der Waals surface area (Å²) >= 11 is 0. The van der Waals surface area contributed by atoms with Crippen molar-refractivity contribution in [1.29, 1.82) is 0 Å². The number of rotatable bonds is 3. The summed E-state index contributed by atoms with van der Waals surface area (Å²) in [4.78, 5) is 21.6. The van der Waals surface area contributed by atoms with E-state index in [1.54, 1.807) is 18.2 Å². The van der Waals surface area contributed by atoms with Crippen molar-refractivity contribution in [1.82, 2.24) is 0 Å². The lowest BCUT2D eigenvalue weighted by Gasteiger charge is -2.06. The largest absolute Gasteiger partial charge is 0.479 e. The van der Waals surface area contributed by atoms with Crippen molar-refractivity contribution in [2.75, 3.05) is 5.32 Å². The van der Waals surface area contributed by atoms with Crippen molar-refractivity contribution >= 4 is 17.6 Å². The van der Waals surface area contributed by atoms with Gasteiger partial charge in [-0.2, -0.15) is 0 Å². The number of aliphatic hydroxyl groups excluding tert-OH is 1. The van der Waals surface area contributed by atoms with Gasteiger partial charge in [-0.25, -0.2) is 4.79 Å². The predicted molar refractivity (Wildman–Crippen MR) is 56.1 cm³/mol. The molecule has 2 rings (SSSR count). The number of anilines is 1. The van der Waals surface area contributed by atoms with Crippen molar-refractivity contribution < 1.29 is 19.8 Å². The molecule has 5 heteroatoms. The van der Waals surface area contributed by atoms with Crippen LogP contribution in [0.4, 0.5) is 5.69 Å². The van der Waals surface area contributed by atoms with Crippen LogP contribution in [0.2, 0.25) is 0 Å². The Morgan fingerprint density at radius 1 is 1.50 bits per heavy atom. The van der Waals surface area contributed by atoms with Gasteiger partial charge in [0.05, 0.1) is 6.42 Å². The van der Waals surface area contributed by atoms with Gasteiger partial charge < -0.3 is 15.5 Å². The number of fused-ring (bicyclic) bond motifs is 1. The summed E-state index contributed by atoms with van der Waals surface area (Å²) in [6.07, 6.45) is -1.04. The number of aliphatic carboxylic acids is 1. The molecule has 0 fully saturated rings. The number of carboxylic acids is 1. The van der Waals surface area contributed by atoms with Crippen LogP contribution in [0.25, 0.3) is 0 Å². The maximum atomic E-state index is 11.1. The number of aliphatic hydroxyl groups is 1. The van der Waals surface area contributed by atoms with Crippen molar-refractivity contribution in [3.05, 3.63) is 29.3 Å². The molecular weight excluding hydrogens is 210 g/mol. The highest BCUT2D eigenvalue weighted by Crippen LogP contribution is 2.24. The van der Waals surface area contributed by atoms with E-state index in [4.69, 9.17) is 5.11 Å². The van der Waals surface area contributed by atoms with Gasteiger partial charge in [0.15, 0.2) is 6.10 Å². The Balaban J connectivity index is 2.16. The lowest BCUT2D eigenvalue weighted by Crippen LogP contribution is -2.21. The van der Waals surface area contributed by atoms with E-state index in [0.717, 1.165) is 11.3 Å². The van der Waals surface area contributed by atoms with E-state index in [2.05, 4.69) is 5.32 Å². The predicted octanol–water partition coefficient (Wildman–Crippen LogP) is 0.169. The molecule has 1 unspecified atom stereocenters. The molecular formula is C11H11NO4. The molecule has 1 aromatic rings. The fourth-order valence-electron chi connectivity index (χ4n) is 1.72. The van der Waals surface area contributed by atoms with Crippen LogP contribution in [0, 0.1) is 0 Å². The standard InChI is InChI=1S/C11H11NO4/c13-9(11(15)16)4-6-1-2-8-7(3-6)5-10(14)12-8/h1-3,9,13H,4-5H2,(H,12,14)(H,15,16). The average molecular weight is 221 g/mol. The Hall–Kier alpha value is -1.88. The summed E-state index contributed by atoms with van der Waals surface area (Å²) in [5.74, 6) is -1.30. The normalized spacial score (nSPS) is 15.4. The van der Waals surface area contributed by atoms with Crippen molar-refractivity contribution in [2.24, 2.45) is 0 Å². The molecule has 84 valence electrons. The molecule has 1 aliphatic rings. The summed E-state index contributed by atoms with van der Waals surface area (Å²) in [5, 5.41) is 20.4. The Labute approximate surface area is 91.7 Å². The molecule has 0 saturated carbocycles. The number of carboxylic acid groups (broad SMARTS) is 1. The second-order valence-electron chi connectivity index (χ2n) is 3.77. The second-order valence-corrected chi connectivity index (χ2v) is 3.77. The molecule has 0 aliphatic carbocycles. The number of carbonyl (C=O) groups excluding carboxylic acids is 1. The first-order chi connectivity index (χ1) is 7.56. The van der Waals surface area contributed by atoms with E-state index in [1.165, 1.54) is 0 Å². The zero-order valence-corrected chi connectivity index (χ0v) is 8.43. The molecule has 1 aromatic carbocycles. The highest BCUT2D eigenvalue weighted by molar-refractivity contribution is 5.99. The van der Waals surface area contributed by atoms with Crippen LogP contribution in [-0.2, 0) is 22.4 Å². The Kier molecular flexibility index (Phi) is 2.62. The van der Waals surface area contributed by atoms with Gasteiger partial charge in [0, 0.05) is 12.1 Å². The molecule has 1 heterocycles. The molecule has 1 atom stereocenters. The molecule has 5 nitrogen and oxygen atoms in total. The number of hydrogen-bond acceptors (Lipinski definition) is 3. The van der Waals surface area contributed by atoms with Crippen molar-refractivity contribution in [3.63, 3.8) is 0 Å². The van der Waals surface area contributed by atoms with Crippen LogP contribution < -0.4 is 5.32 Å². The summed E-state index contributed by atoms with van der Waals surface area (Å²) in [5.41, 5.74) is 2.32. The molecule has 3 N–H and O–H groups in total. The van der Waals surface area contributed by atoms with Crippen LogP contribution in [0.1, 0.15) is 11.1 Å². The molecule has 0 aromatic heterocycles. The third-order valence-corrected chi connectivity index (χ3v) is 2.51. The summed E-state index contributed by atoms with van der Waals surface area (Å²) in [6, 6.07) is 5.18. The number of nitrogens with one attached hydrogen (secondary N) is 1. The molecule has 0 spiro atoms. The van der Waals surface area contributed by atoms with Crippen LogP contribution in [-0.4, -0.2) is 28.2 Å². The SMILES string of the molecule is O=C1Cc2cc(CC(O)C(=O)O)ccc2N1. The summed E-state index contributed by atoms with van der Waals surface area (Å²) in [7, 11) is 0. The zero-order chi connectivity index (χ0) is 11.7.